The number of hydrogen-bond acceptors (Lipinski definition) is 4. The lowest BCUT2D eigenvalue weighted by molar-refractivity contribution is -0.138. The van der Waals surface area contributed by atoms with E-state index in [4.69, 9.17) is 9.84 Å². The van der Waals surface area contributed by atoms with E-state index in [1.54, 1.807) is 0 Å². The predicted octanol–water partition coefficient (Wildman–Crippen LogP) is 1.25. The molecular formula is C15H28N2O4. The minimum atomic E-state index is -0.938. The molecule has 0 bridgehead atoms. The van der Waals surface area contributed by atoms with Gasteiger partial charge in [-0.05, 0) is 46.7 Å². The molecule has 1 atom stereocenters. The first kappa shape index (κ1) is 17.9. The lowest BCUT2D eigenvalue weighted by Gasteiger charge is -2.39. The van der Waals surface area contributed by atoms with Crippen molar-refractivity contribution in [2.75, 3.05) is 26.7 Å². The van der Waals surface area contributed by atoms with E-state index in [-0.39, 0.29) is 24.3 Å². The highest BCUT2D eigenvalue weighted by Crippen LogP contribution is 2.26. The number of carboxylic acids is 1. The molecule has 0 aliphatic carbocycles. The van der Waals surface area contributed by atoms with E-state index < -0.39 is 5.97 Å². The number of hydrogen-bond donors (Lipinski definition) is 2. The standard InChI is InChI=1S/C15H28N2O4/c1-15(2)11-12(7-10-21-15)17(3)9-4-8-16-13(18)5-6-14(19)20/h12H,4-11H2,1-3H3,(H,16,18)(H,19,20). The maximum absolute atomic E-state index is 11.4. The first-order valence-corrected chi connectivity index (χ1v) is 7.63. The molecule has 2 N–H and O–H groups in total. The number of rotatable bonds is 8. The van der Waals surface area contributed by atoms with Crippen molar-refractivity contribution >= 4 is 11.9 Å². The highest BCUT2D eigenvalue weighted by molar-refractivity contribution is 5.80. The number of nitrogens with one attached hydrogen (secondary N) is 1. The van der Waals surface area contributed by atoms with Crippen molar-refractivity contribution in [1.82, 2.24) is 10.2 Å². The average molecular weight is 300 g/mol. The summed E-state index contributed by atoms with van der Waals surface area (Å²) in [4.78, 5) is 24.1. The van der Waals surface area contributed by atoms with Gasteiger partial charge in [-0.1, -0.05) is 0 Å². The smallest absolute Gasteiger partial charge is 0.303 e. The van der Waals surface area contributed by atoms with Gasteiger partial charge >= 0.3 is 5.97 Å². The topological polar surface area (TPSA) is 78.9 Å². The molecule has 0 aromatic rings. The van der Waals surface area contributed by atoms with Crippen LogP contribution >= 0.6 is 0 Å². The Morgan fingerprint density at radius 2 is 2.10 bits per heavy atom. The molecule has 0 saturated carbocycles. The Hall–Kier alpha value is -1.14. The number of carbonyl (C=O) groups excluding carboxylic acids is 1. The van der Waals surface area contributed by atoms with Crippen LogP contribution in [-0.4, -0.2) is 60.3 Å². The van der Waals surface area contributed by atoms with E-state index in [0.717, 1.165) is 32.4 Å². The van der Waals surface area contributed by atoms with Gasteiger partial charge in [0.15, 0.2) is 0 Å². The van der Waals surface area contributed by atoms with E-state index in [9.17, 15) is 9.59 Å². The van der Waals surface area contributed by atoms with Gasteiger partial charge in [0.05, 0.1) is 12.0 Å². The third-order valence-electron chi connectivity index (χ3n) is 3.87. The number of carboxylic acid groups (broad SMARTS) is 1. The fourth-order valence-corrected chi connectivity index (χ4v) is 2.62. The van der Waals surface area contributed by atoms with Gasteiger partial charge in [0.2, 0.25) is 5.91 Å². The van der Waals surface area contributed by atoms with Crippen molar-refractivity contribution in [3.8, 4) is 0 Å². The van der Waals surface area contributed by atoms with Gasteiger partial charge < -0.3 is 20.1 Å². The minimum absolute atomic E-state index is 0.0533. The van der Waals surface area contributed by atoms with Crippen LogP contribution in [0, 0.1) is 0 Å². The van der Waals surface area contributed by atoms with Crippen LogP contribution in [0.1, 0.15) is 46.0 Å². The first-order valence-electron chi connectivity index (χ1n) is 7.63. The summed E-state index contributed by atoms with van der Waals surface area (Å²) in [5.41, 5.74) is -0.0533. The molecule has 6 heteroatoms. The van der Waals surface area contributed by atoms with Crippen LogP contribution in [-0.2, 0) is 14.3 Å². The number of amides is 1. The zero-order valence-electron chi connectivity index (χ0n) is 13.4. The van der Waals surface area contributed by atoms with Crippen LogP contribution in [0.15, 0.2) is 0 Å². The van der Waals surface area contributed by atoms with Crippen molar-refractivity contribution in [2.45, 2.75) is 57.6 Å². The summed E-state index contributed by atoms with van der Waals surface area (Å²) in [5.74, 6) is -1.13. The SMILES string of the molecule is CN(CCCNC(=O)CCC(=O)O)C1CCOC(C)(C)C1. The quantitative estimate of drug-likeness (QED) is 0.660. The van der Waals surface area contributed by atoms with Crippen LogP contribution in [0.4, 0.5) is 0 Å². The number of aliphatic carboxylic acids is 1. The summed E-state index contributed by atoms with van der Waals surface area (Å²) < 4.78 is 5.72. The Bertz CT molecular complexity index is 358. The summed E-state index contributed by atoms with van der Waals surface area (Å²) in [6, 6.07) is 0.525. The molecule has 1 amide bonds. The molecule has 0 aromatic heterocycles. The Morgan fingerprint density at radius 1 is 1.38 bits per heavy atom. The van der Waals surface area contributed by atoms with E-state index in [2.05, 4.69) is 31.1 Å². The zero-order chi connectivity index (χ0) is 15.9. The van der Waals surface area contributed by atoms with E-state index in [1.807, 2.05) is 0 Å². The Kier molecular flexibility index (Phi) is 7.11. The van der Waals surface area contributed by atoms with Crippen LogP contribution < -0.4 is 5.32 Å². The predicted molar refractivity (Wildman–Crippen MR) is 80.2 cm³/mol. The van der Waals surface area contributed by atoms with Crippen molar-refractivity contribution in [1.29, 1.82) is 0 Å². The number of carbonyl (C=O) groups is 2. The molecule has 1 saturated heterocycles. The largest absolute Gasteiger partial charge is 0.481 e. The summed E-state index contributed by atoms with van der Waals surface area (Å²) in [6.07, 6.45) is 2.88. The summed E-state index contributed by atoms with van der Waals surface area (Å²) in [5, 5.41) is 11.3. The Balaban J connectivity index is 2.14. The van der Waals surface area contributed by atoms with E-state index >= 15 is 0 Å². The molecule has 0 spiro atoms. The second kappa shape index (κ2) is 8.34. The Morgan fingerprint density at radius 3 is 2.71 bits per heavy atom. The molecular weight excluding hydrogens is 272 g/mol. The lowest BCUT2D eigenvalue weighted by atomic mass is 9.93. The summed E-state index contributed by atoms with van der Waals surface area (Å²) in [7, 11) is 2.11. The third kappa shape index (κ3) is 7.43. The molecule has 1 aliphatic heterocycles. The zero-order valence-corrected chi connectivity index (χ0v) is 13.4. The highest BCUT2D eigenvalue weighted by Gasteiger charge is 2.30. The van der Waals surface area contributed by atoms with Crippen molar-refractivity contribution in [3.05, 3.63) is 0 Å². The van der Waals surface area contributed by atoms with Crippen molar-refractivity contribution in [3.63, 3.8) is 0 Å². The maximum Gasteiger partial charge on any atom is 0.303 e. The van der Waals surface area contributed by atoms with Gasteiger partial charge in [-0.15, -0.1) is 0 Å². The van der Waals surface area contributed by atoms with E-state index in [1.165, 1.54) is 0 Å². The molecule has 1 heterocycles. The van der Waals surface area contributed by atoms with E-state index in [0.29, 0.717) is 12.6 Å². The highest BCUT2D eigenvalue weighted by atomic mass is 16.5. The average Bonchev–Trinajstić information content (AvgIpc) is 2.40. The van der Waals surface area contributed by atoms with Gasteiger partial charge in [-0.2, -0.15) is 0 Å². The van der Waals surface area contributed by atoms with Crippen LogP contribution in [0.3, 0.4) is 0 Å². The molecule has 1 unspecified atom stereocenters. The van der Waals surface area contributed by atoms with Gasteiger partial charge in [0.1, 0.15) is 0 Å². The molecule has 1 rings (SSSR count). The molecule has 1 fully saturated rings. The van der Waals surface area contributed by atoms with Gasteiger partial charge in [0.25, 0.3) is 0 Å². The molecule has 21 heavy (non-hydrogen) atoms. The fourth-order valence-electron chi connectivity index (χ4n) is 2.62. The Labute approximate surface area is 126 Å². The lowest BCUT2D eigenvalue weighted by Crippen LogP contribution is -2.45. The monoisotopic (exact) mass is 300 g/mol. The molecule has 0 radical (unpaired) electrons. The molecule has 0 aromatic carbocycles. The van der Waals surface area contributed by atoms with Crippen molar-refractivity contribution < 1.29 is 19.4 Å². The second-order valence-electron chi connectivity index (χ2n) is 6.33. The molecule has 1 aliphatic rings. The molecule has 122 valence electrons. The van der Waals surface area contributed by atoms with Crippen LogP contribution in [0.2, 0.25) is 0 Å². The number of ether oxygens (including phenoxy) is 1. The summed E-state index contributed by atoms with van der Waals surface area (Å²) >= 11 is 0. The first-order chi connectivity index (χ1) is 9.80. The molecule has 6 nitrogen and oxygen atoms in total. The van der Waals surface area contributed by atoms with Crippen LogP contribution in [0.25, 0.3) is 0 Å². The minimum Gasteiger partial charge on any atom is -0.481 e. The van der Waals surface area contributed by atoms with Gasteiger partial charge in [-0.25, -0.2) is 0 Å². The van der Waals surface area contributed by atoms with Crippen LogP contribution in [0.5, 0.6) is 0 Å². The second-order valence-corrected chi connectivity index (χ2v) is 6.33. The van der Waals surface area contributed by atoms with Gasteiger partial charge in [-0.3, -0.25) is 9.59 Å². The number of nitrogens with zero attached hydrogens (tertiary/aromatic N) is 1. The normalized spacial score (nSPS) is 21.2. The maximum atomic E-state index is 11.4. The summed E-state index contributed by atoms with van der Waals surface area (Å²) in [6.45, 7) is 6.55. The fraction of sp³-hybridized carbons (Fsp3) is 0.867. The van der Waals surface area contributed by atoms with Gasteiger partial charge in [0, 0.05) is 25.6 Å². The third-order valence-corrected chi connectivity index (χ3v) is 3.87. The van der Waals surface area contributed by atoms with Crippen molar-refractivity contribution in [2.24, 2.45) is 0 Å².